The molecule has 1 saturated heterocycles. The van der Waals surface area contributed by atoms with Gasteiger partial charge in [0.1, 0.15) is 0 Å². The third-order valence-corrected chi connectivity index (χ3v) is 5.85. The van der Waals surface area contributed by atoms with Gasteiger partial charge in [0.05, 0.1) is 10.9 Å². The van der Waals surface area contributed by atoms with Crippen LogP contribution in [0, 0.1) is 5.92 Å². The first kappa shape index (κ1) is 13.9. The zero-order valence-electron chi connectivity index (χ0n) is 10.6. The minimum Gasteiger partial charge on any atom is -0.393 e. The van der Waals surface area contributed by atoms with Crippen molar-refractivity contribution in [2.24, 2.45) is 5.92 Å². The van der Waals surface area contributed by atoms with Crippen molar-refractivity contribution >= 4 is 10.0 Å². The lowest BCUT2D eigenvalue weighted by molar-refractivity contribution is 0.0514. The molecule has 1 N–H and O–H groups in total. The highest BCUT2D eigenvalue weighted by Crippen LogP contribution is 2.27. The number of nitrogens with zero attached hydrogens (tertiary/aromatic N) is 1. The average molecular weight is 249 g/mol. The first-order chi connectivity index (χ1) is 7.20. The molecule has 2 unspecified atom stereocenters. The molecule has 0 aromatic carbocycles. The Labute approximate surface area is 98.7 Å². The number of aliphatic hydroxyl groups is 1. The van der Waals surface area contributed by atoms with Gasteiger partial charge >= 0.3 is 0 Å². The molecule has 1 rings (SSSR count). The van der Waals surface area contributed by atoms with Crippen LogP contribution >= 0.6 is 0 Å². The Hall–Kier alpha value is -0.130. The van der Waals surface area contributed by atoms with E-state index in [1.807, 2.05) is 6.92 Å². The molecule has 0 amide bonds. The molecule has 0 saturated carbocycles. The fraction of sp³-hybridized carbons (Fsp3) is 1.00. The highest BCUT2D eigenvalue weighted by Gasteiger charge is 2.39. The summed E-state index contributed by atoms with van der Waals surface area (Å²) in [5, 5.41) is 9.73. The van der Waals surface area contributed by atoms with Gasteiger partial charge in [-0.1, -0.05) is 6.92 Å². The molecule has 1 heterocycles. The van der Waals surface area contributed by atoms with Gasteiger partial charge in [-0.25, -0.2) is 12.7 Å². The highest BCUT2D eigenvalue weighted by molar-refractivity contribution is 7.90. The van der Waals surface area contributed by atoms with Crippen molar-refractivity contribution < 1.29 is 13.5 Å². The molecule has 0 spiro atoms. The van der Waals surface area contributed by atoms with E-state index in [9.17, 15) is 13.5 Å². The van der Waals surface area contributed by atoms with Crippen LogP contribution in [0.1, 0.15) is 40.5 Å². The number of piperidine rings is 1. The van der Waals surface area contributed by atoms with E-state index < -0.39 is 14.8 Å². The van der Waals surface area contributed by atoms with E-state index in [1.54, 1.807) is 20.8 Å². The van der Waals surface area contributed by atoms with Crippen molar-refractivity contribution in [3.05, 3.63) is 0 Å². The molecule has 0 aromatic rings. The maximum Gasteiger partial charge on any atom is 0.219 e. The first-order valence-corrected chi connectivity index (χ1v) is 7.32. The quantitative estimate of drug-likeness (QED) is 0.800. The third kappa shape index (κ3) is 2.57. The zero-order chi connectivity index (χ0) is 12.6. The van der Waals surface area contributed by atoms with Crippen molar-refractivity contribution in [1.29, 1.82) is 0 Å². The molecule has 2 atom stereocenters. The molecule has 0 radical (unpaired) electrons. The van der Waals surface area contributed by atoms with Gasteiger partial charge in [0.15, 0.2) is 0 Å². The zero-order valence-corrected chi connectivity index (χ0v) is 11.4. The van der Waals surface area contributed by atoms with Crippen LogP contribution in [-0.2, 0) is 10.0 Å². The van der Waals surface area contributed by atoms with E-state index in [0.29, 0.717) is 19.5 Å². The van der Waals surface area contributed by atoms with E-state index in [4.69, 9.17) is 0 Å². The van der Waals surface area contributed by atoms with Gasteiger partial charge in [0.25, 0.3) is 0 Å². The van der Waals surface area contributed by atoms with Crippen molar-refractivity contribution in [1.82, 2.24) is 4.31 Å². The summed E-state index contributed by atoms with van der Waals surface area (Å²) in [5.74, 6) is 0.0749. The predicted octanol–water partition coefficient (Wildman–Crippen LogP) is 1.21. The number of sulfonamides is 1. The van der Waals surface area contributed by atoms with Gasteiger partial charge in [-0.15, -0.1) is 0 Å². The summed E-state index contributed by atoms with van der Waals surface area (Å²) >= 11 is 0. The van der Waals surface area contributed by atoms with Crippen LogP contribution in [0.15, 0.2) is 0 Å². The fourth-order valence-corrected chi connectivity index (χ4v) is 3.50. The molecule has 0 bridgehead atoms. The number of hydrogen-bond acceptors (Lipinski definition) is 3. The number of rotatable bonds is 2. The van der Waals surface area contributed by atoms with Gasteiger partial charge < -0.3 is 5.11 Å². The number of hydrogen-bond donors (Lipinski definition) is 1. The third-order valence-electron chi connectivity index (χ3n) is 3.29. The smallest absolute Gasteiger partial charge is 0.219 e. The lowest BCUT2D eigenvalue weighted by Gasteiger charge is -2.38. The Bertz CT molecular complexity index is 332. The summed E-state index contributed by atoms with van der Waals surface area (Å²) < 4.78 is 25.2. The van der Waals surface area contributed by atoms with Crippen LogP contribution in [-0.4, -0.2) is 41.8 Å². The summed E-state index contributed by atoms with van der Waals surface area (Å²) in [4.78, 5) is 0. The van der Waals surface area contributed by atoms with Gasteiger partial charge in [-0.3, -0.25) is 0 Å². The minimum absolute atomic E-state index is 0.0749. The lowest BCUT2D eigenvalue weighted by atomic mass is 9.94. The molecule has 0 aromatic heterocycles. The van der Waals surface area contributed by atoms with Gasteiger partial charge in [-0.05, 0) is 39.5 Å². The van der Waals surface area contributed by atoms with Crippen LogP contribution in [0.25, 0.3) is 0 Å². The second-order valence-corrected chi connectivity index (χ2v) is 8.19. The molecule has 5 heteroatoms. The van der Waals surface area contributed by atoms with Crippen LogP contribution < -0.4 is 0 Å². The maximum atomic E-state index is 12.2. The van der Waals surface area contributed by atoms with Crippen LogP contribution in [0.2, 0.25) is 0 Å². The van der Waals surface area contributed by atoms with E-state index in [1.165, 1.54) is 4.31 Å². The van der Waals surface area contributed by atoms with Crippen LogP contribution in [0.3, 0.4) is 0 Å². The summed E-state index contributed by atoms with van der Waals surface area (Å²) in [6, 6.07) is 0. The predicted molar refractivity (Wildman–Crippen MR) is 64.7 cm³/mol. The molecule has 0 aliphatic carbocycles. The standard InChI is InChI=1S/C11H23NO3S/c1-5-9-8-12(7-6-10(9)13)16(14,15)11(2,3)4/h9-10,13H,5-8H2,1-4H3. The Kier molecular flexibility index (Phi) is 4.03. The molecular formula is C11H23NO3S. The SMILES string of the molecule is CCC1CN(S(=O)(=O)C(C)(C)C)CCC1O. The highest BCUT2D eigenvalue weighted by atomic mass is 32.2. The molecule has 1 aliphatic heterocycles. The normalized spacial score (nSPS) is 29.3. The summed E-state index contributed by atoms with van der Waals surface area (Å²) in [5.41, 5.74) is 0. The average Bonchev–Trinajstić information content (AvgIpc) is 2.16. The van der Waals surface area contributed by atoms with Gasteiger partial charge in [-0.2, -0.15) is 0 Å². The van der Waals surface area contributed by atoms with Crippen molar-refractivity contribution in [3.63, 3.8) is 0 Å². The fourth-order valence-electron chi connectivity index (χ4n) is 1.99. The lowest BCUT2D eigenvalue weighted by Crippen LogP contribution is -2.50. The maximum absolute atomic E-state index is 12.2. The Morgan fingerprint density at radius 1 is 1.38 bits per heavy atom. The first-order valence-electron chi connectivity index (χ1n) is 5.88. The van der Waals surface area contributed by atoms with Crippen LogP contribution in [0.5, 0.6) is 0 Å². The number of aliphatic hydroxyl groups excluding tert-OH is 1. The summed E-state index contributed by atoms with van der Waals surface area (Å²) in [6.45, 7) is 8.03. The van der Waals surface area contributed by atoms with E-state index >= 15 is 0 Å². The summed E-state index contributed by atoms with van der Waals surface area (Å²) in [6.07, 6.45) is 1.02. The Morgan fingerprint density at radius 3 is 2.38 bits per heavy atom. The molecule has 16 heavy (non-hydrogen) atoms. The molecule has 96 valence electrons. The van der Waals surface area contributed by atoms with Crippen molar-refractivity contribution in [3.8, 4) is 0 Å². The topological polar surface area (TPSA) is 57.6 Å². The van der Waals surface area contributed by atoms with Gasteiger partial charge in [0.2, 0.25) is 10.0 Å². The summed E-state index contributed by atoms with van der Waals surface area (Å²) in [7, 11) is -3.24. The Morgan fingerprint density at radius 2 is 1.94 bits per heavy atom. The second kappa shape index (κ2) is 4.63. The van der Waals surface area contributed by atoms with Crippen molar-refractivity contribution in [2.75, 3.05) is 13.1 Å². The van der Waals surface area contributed by atoms with Crippen LogP contribution in [0.4, 0.5) is 0 Å². The van der Waals surface area contributed by atoms with E-state index in [-0.39, 0.29) is 12.0 Å². The van der Waals surface area contributed by atoms with E-state index in [2.05, 4.69) is 0 Å². The van der Waals surface area contributed by atoms with E-state index in [0.717, 1.165) is 6.42 Å². The monoisotopic (exact) mass is 249 g/mol. The largest absolute Gasteiger partial charge is 0.393 e. The molecule has 4 nitrogen and oxygen atoms in total. The molecule has 1 aliphatic rings. The van der Waals surface area contributed by atoms with Gasteiger partial charge in [0, 0.05) is 13.1 Å². The molecule has 1 fully saturated rings. The molecular weight excluding hydrogens is 226 g/mol. The second-order valence-electron chi connectivity index (χ2n) is 5.50. The minimum atomic E-state index is -3.24. The Balaban J connectivity index is 2.84. The van der Waals surface area contributed by atoms with Crippen molar-refractivity contribution in [2.45, 2.75) is 51.4 Å².